The first-order valence-corrected chi connectivity index (χ1v) is 18.9. The predicted molar refractivity (Wildman–Crippen MR) is 187 cm³/mol. The maximum atomic E-state index is 12.5. The van der Waals surface area contributed by atoms with Crippen molar-refractivity contribution in [2.45, 2.75) is 28.5 Å². The number of hydrogen-bond donors (Lipinski definition) is 7. The number of aromatic hydroxyl groups is 2. The summed E-state index contributed by atoms with van der Waals surface area (Å²) in [6, 6.07) is 15.8. The molecule has 0 amide bonds. The maximum absolute atomic E-state index is 12.5. The van der Waals surface area contributed by atoms with E-state index in [9.17, 15) is 49.1 Å². The number of nitrogens with zero attached hydrogens (tertiary/aromatic N) is 5. The van der Waals surface area contributed by atoms with Crippen LogP contribution < -0.4 is 10.6 Å². The Morgan fingerprint density at radius 2 is 1.23 bits per heavy atom. The van der Waals surface area contributed by atoms with Crippen LogP contribution in [0.5, 0.6) is 11.8 Å². The van der Waals surface area contributed by atoms with Crippen LogP contribution in [0.3, 0.4) is 0 Å². The van der Waals surface area contributed by atoms with Crippen LogP contribution in [0.15, 0.2) is 97.7 Å². The van der Waals surface area contributed by atoms with Gasteiger partial charge in [0, 0.05) is 10.8 Å². The Labute approximate surface area is 294 Å². The molecule has 21 heteroatoms. The molecule has 0 radical (unpaired) electrons. The number of fused-ring (bicyclic) bond motifs is 2. The smallest absolute Gasteiger partial charge is 0.320 e. The average Bonchev–Trinajstić information content (AvgIpc) is 3.03. The van der Waals surface area contributed by atoms with Crippen LogP contribution in [-0.2, 0) is 30.4 Å². The predicted octanol–water partition coefficient (Wildman–Crippen LogP) is 5.85. The lowest BCUT2D eigenvalue weighted by molar-refractivity contribution is 0.430. The summed E-state index contributed by atoms with van der Waals surface area (Å²) < 4.78 is 104. The van der Waals surface area contributed by atoms with Crippen molar-refractivity contribution < 1.29 is 49.1 Å². The van der Waals surface area contributed by atoms with Gasteiger partial charge in [-0.2, -0.15) is 40.2 Å². The number of aromatic nitrogens is 3. The normalized spacial score (nSPS) is 12.5. The third-order valence-electron chi connectivity index (χ3n) is 7.72. The number of aryl methyl sites for hydroxylation is 2. The van der Waals surface area contributed by atoms with Crippen LogP contribution in [0.25, 0.3) is 21.5 Å². The summed E-state index contributed by atoms with van der Waals surface area (Å²) >= 11 is 0. The number of nitrogens with one attached hydrogen (secondary N) is 2. The molecular weight excluding hydrogens is 743 g/mol. The van der Waals surface area contributed by atoms with Gasteiger partial charge in [0.1, 0.15) is 26.1 Å². The Bertz CT molecular complexity index is 2830. The topological polar surface area (TPSA) is 291 Å². The van der Waals surface area contributed by atoms with Crippen LogP contribution in [0.2, 0.25) is 0 Å². The summed E-state index contributed by atoms with van der Waals surface area (Å²) in [4.78, 5) is 9.63. The molecule has 18 nitrogen and oxygen atoms in total. The highest BCUT2D eigenvalue weighted by atomic mass is 32.2. The largest absolute Gasteiger partial charge is 0.505 e. The zero-order valence-corrected chi connectivity index (χ0v) is 29.0. The molecule has 1 aromatic heterocycles. The van der Waals surface area contributed by atoms with Gasteiger partial charge in [0.2, 0.25) is 11.9 Å². The van der Waals surface area contributed by atoms with Crippen LogP contribution >= 0.6 is 0 Å². The van der Waals surface area contributed by atoms with Gasteiger partial charge in [-0.25, -0.2) is 0 Å². The fourth-order valence-corrected chi connectivity index (χ4v) is 7.51. The van der Waals surface area contributed by atoms with Crippen molar-refractivity contribution in [1.29, 1.82) is 0 Å². The number of hydrogen-bond acceptors (Lipinski definition) is 15. The van der Waals surface area contributed by atoms with Gasteiger partial charge in [0.25, 0.3) is 30.4 Å². The Kier molecular flexibility index (Phi) is 9.02. The van der Waals surface area contributed by atoms with Crippen LogP contribution in [0.4, 0.5) is 34.6 Å². The van der Waals surface area contributed by atoms with Gasteiger partial charge in [-0.15, -0.1) is 10.2 Å². The van der Waals surface area contributed by atoms with Gasteiger partial charge in [0.05, 0.1) is 11.4 Å². The van der Waals surface area contributed by atoms with E-state index in [1.54, 1.807) is 26.0 Å². The SMILES string of the molecule is Cc1cc(Nc2nc(O)nc(Nc3cccc4cc(S(=O)(=O)O)c(/N=N/c5ccc6ccccc6c5S(=O)(=O)O)c(O)c34)n2)c(S(=O)(=O)O)cc1C. The summed E-state index contributed by atoms with van der Waals surface area (Å²) in [5, 5.41) is 35.2. The van der Waals surface area contributed by atoms with E-state index in [4.69, 9.17) is 0 Å². The number of rotatable bonds is 9. The van der Waals surface area contributed by atoms with Crippen molar-refractivity contribution in [3.63, 3.8) is 0 Å². The molecule has 268 valence electrons. The van der Waals surface area contributed by atoms with Crippen molar-refractivity contribution >= 4 is 86.5 Å². The van der Waals surface area contributed by atoms with Gasteiger partial charge in [0.15, 0.2) is 5.75 Å². The second kappa shape index (κ2) is 13.0. The van der Waals surface area contributed by atoms with Crippen molar-refractivity contribution in [3.8, 4) is 11.8 Å². The number of benzene rings is 5. The summed E-state index contributed by atoms with van der Waals surface area (Å²) in [5.74, 6) is -1.60. The molecule has 0 saturated heterocycles. The molecule has 52 heavy (non-hydrogen) atoms. The highest BCUT2D eigenvalue weighted by Crippen LogP contribution is 2.45. The van der Waals surface area contributed by atoms with E-state index in [0.29, 0.717) is 16.5 Å². The molecule has 6 aromatic rings. The monoisotopic (exact) mass is 767 g/mol. The number of anilines is 4. The lowest BCUT2D eigenvalue weighted by atomic mass is 10.1. The fourth-order valence-electron chi connectivity index (χ4n) is 5.30. The molecule has 0 unspecified atom stereocenters. The molecule has 0 fully saturated rings. The van der Waals surface area contributed by atoms with Crippen molar-refractivity contribution in [2.75, 3.05) is 10.6 Å². The van der Waals surface area contributed by atoms with Gasteiger partial charge >= 0.3 is 6.01 Å². The molecule has 0 bridgehead atoms. The molecule has 1 heterocycles. The van der Waals surface area contributed by atoms with E-state index < -0.39 is 68.2 Å². The summed E-state index contributed by atoms with van der Waals surface area (Å²) in [6.07, 6.45) is 0. The molecule has 0 spiro atoms. The van der Waals surface area contributed by atoms with E-state index in [0.717, 1.165) is 6.07 Å². The van der Waals surface area contributed by atoms with Crippen molar-refractivity contribution in [1.82, 2.24) is 15.0 Å². The minimum absolute atomic E-state index is 0.0148. The average molecular weight is 768 g/mol. The molecule has 6 rings (SSSR count). The number of phenols is 1. The van der Waals surface area contributed by atoms with Crippen LogP contribution in [0, 0.1) is 13.8 Å². The van der Waals surface area contributed by atoms with E-state index in [2.05, 4.69) is 35.8 Å². The van der Waals surface area contributed by atoms with Gasteiger partial charge in [-0.05, 0) is 66.1 Å². The first-order valence-electron chi connectivity index (χ1n) is 14.6. The number of phenolic OH excluding ortho intramolecular Hbond substituents is 1. The van der Waals surface area contributed by atoms with Gasteiger partial charge in [-0.1, -0.05) is 42.5 Å². The lowest BCUT2D eigenvalue weighted by Gasteiger charge is -2.15. The zero-order valence-electron chi connectivity index (χ0n) is 26.6. The Balaban J connectivity index is 1.47. The quantitative estimate of drug-likeness (QED) is 0.0670. The maximum Gasteiger partial charge on any atom is 0.320 e. The summed E-state index contributed by atoms with van der Waals surface area (Å²) in [6.45, 7) is 3.33. The summed E-state index contributed by atoms with van der Waals surface area (Å²) in [7, 11) is -14.7. The molecular formula is C31H25N7O11S3. The molecule has 5 aromatic carbocycles. The third-order valence-corrected chi connectivity index (χ3v) is 10.4. The van der Waals surface area contributed by atoms with Gasteiger partial charge < -0.3 is 20.8 Å². The molecule has 0 atom stereocenters. The standard InChI is InChI=1S/C31H25N7O11S3/c1-15-12-22(23(13-16(15)2)50(41,42)43)33-30-34-29(35-31(40)36-30)32-20-9-5-7-18-14-24(51(44,45)46)26(27(39)25(18)20)38-37-21-11-10-17-6-3-4-8-19(17)28(21)52(47,48)49/h3-14,39H,1-2H3,(H,41,42,43)(H,44,45,46)(H,47,48,49)(H3,32,33,34,35,36,40)/b38-37+. The minimum atomic E-state index is -5.09. The molecule has 0 saturated carbocycles. The minimum Gasteiger partial charge on any atom is -0.505 e. The molecule has 0 aliphatic heterocycles. The van der Waals surface area contributed by atoms with E-state index in [-0.39, 0.29) is 39.4 Å². The highest BCUT2D eigenvalue weighted by Gasteiger charge is 2.25. The van der Waals surface area contributed by atoms with Crippen molar-refractivity contribution in [3.05, 3.63) is 83.9 Å². The first kappa shape index (κ1) is 36.0. The first-order chi connectivity index (χ1) is 24.3. The highest BCUT2D eigenvalue weighted by molar-refractivity contribution is 7.86. The Morgan fingerprint density at radius 1 is 0.615 bits per heavy atom. The second-order valence-corrected chi connectivity index (χ2v) is 15.3. The van der Waals surface area contributed by atoms with E-state index >= 15 is 0 Å². The summed E-state index contributed by atoms with van der Waals surface area (Å²) in [5.41, 5.74) is -0.172. The number of azo groups is 1. The third kappa shape index (κ3) is 7.16. The molecule has 0 aliphatic rings. The van der Waals surface area contributed by atoms with Crippen LogP contribution in [0.1, 0.15) is 11.1 Å². The lowest BCUT2D eigenvalue weighted by Crippen LogP contribution is -2.08. The Morgan fingerprint density at radius 3 is 1.88 bits per heavy atom. The molecule has 7 N–H and O–H groups in total. The zero-order chi connectivity index (χ0) is 37.7. The van der Waals surface area contributed by atoms with E-state index in [1.807, 2.05) is 0 Å². The Hall–Kier alpha value is -5.84. The van der Waals surface area contributed by atoms with E-state index in [1.165, 1.54) is 54.6 Å². The van der Waals surface area contributed by atoms with Crippen LogP contribution in [-0.4, -0.2) is 64.1 Å². The van der Waals surface area contributed by atoms with Gasteiger partial charge in [-0.3, -0.25) is 13.7 Å². The fraction of sp³-hybridized carbons (Fsp3) is 0.0645. The molecule has 0 aliphatic carbocycles. The second-order valence-electron chi connectivity index (χ2n) is 11.2. The van der Waals surface area contributed by atoms with Crippen molar-refractivity contribution in [2.24, 2.45) is 10.2 Å².